The largest absolute Gasteiger partial charge is 0.378 e. The number of rotatable bonds is 3. The van der Waals surface area contributed by atoms with Crippen LogP contribution < -0.4 is 16.9 Å². The van der Waals surface area contributed by atoms with Crippen molar-refractivity contribution in [1.82, 2.24) is 10.2 Å². The molecule has 2 rings (SSSR count). The molecule has 7 N–H and O–H groups in total. The Hall–Kier alpha value is -1.15. The van der Waals surface area contributed by atoms with E-state index < -0.39 is 0 Å². The summed E-state index contributed by atoms with van der Waals surface area (Å²) in [5, 5.41) is 23.4. The maximum absolute atomic E-state index is 7.23. The lowest BCUT2D eigenvalue weighted by Gasteiger charge is -2.07. The molecule has 1 aromatic heterocycles. The predicted octanol–water partition coefficient (Wildman–Crippen LogP) is -0.137. The molecule has 18 heavy (non-hydrogen) atoms. The monoisotopic (exact) mass is 285 g/mol. The van der Waals surface area contributed by atoms with Gasteiger partial charge in [0.25, 0.3) is 0 Å². The zero-order valence-electron chi connectivity index (χ0n) is 9.93. The Balaban J connectivity index is 1.85. The van der Waals surface area contributed by atoms with Gasteiger partial charge < -0.3 is 11.5 Å². The molecule has 98 valence electrons. The van der Waals surface area contributed by atoms with Gasteiger partial charge in [-0.15, -0.1) is 10.2 Å². The van der Waals surface area contributed by atoms with Crippen molar-refractivity contribution in [2.24, 2.45) is 17.6 Å². The Morgan fingerprint density at radius 3 is 2.89 bits per heavy atom. The van der Waals surface area contributed by atoms with Crippen molar-refractivity contribution in [2.75, 3.05) is 5.73 Å². The van der Waals surface area contributed by atoms with Crippen molar-refractivity contribution >= 4 is 38.4 Å². The zero-order chi connectivity index (χ0) is 13.1. The second-order valence-electron chi connectivity index (χ2n) is 4.48. The fraction of sp³-hybridized carbons (Fsp3) is 0.600. The second kappa shape index (κ2) is 5.66. The number of anilines is 1. The zero-order valence-corrected chi connectivity index (χ0v) is 11.6. The molecule has 1 aliphatic carbocycles. The van der Waals surface area contributed by atoms with Gasteiger partial charge in [-0.2, -0.15) is 0 Å². The summed E-state index contributed by atoms with van der Waals surface area (Å²) in [5.74, 6) is 0.933. The molecule has 1 heterocycles. The average Bonchev–Trinajstić information content (AvgIpc) is 2.87. The van der Waals surface area contributed by atoms with Crippen LogP contribution in [-0.4, -0.2) is 20.4 Å². The number of nitrogens with two attached hydrogens (primary N) is 3. The maximum atomic E-state index is 7.23. The molecule has 0 saturated heterocycles. The van der Waals surface area contributed by atoms with Gasteiger partial charge in [-0.25, -0.2) is 0 Å². The van der Waals surface area contributed by atoms with Crippen molar-refractivity contribution < 1.29 is 5.41 Å². The highest BCUT2D eigenvalue weighted by molar-refractivity contribution is 8.26. The summed E-state index contributed by atoms with van der Waals surface area (Å²) < 4.78 is 0. The smallest absolute Gasteiger partial charge is 0.218 e. The molecule has 0 bridgehead atoms. The molecule has 0 aromatic carbocycles. The average molecular weight is 285 g/mol. The Morgan fingerprint density at radius 1 is 1.50 bits per heavy atom. The second-order valence-corrected chi connectivity index (χ2v) is 6.69. The molecule has 0 radical (unpaired) electrons. The molecule has 0 amide bonds. The van der Waals surface area contributed by atoms with Gasteiger partial charge in [0, 0.05) is 18.2 Å². The molecular weight excluding hydrogens is 268 g/mol. The Bertz CT molecular complexity index is 457. The summed E-state index contributed by atoms with van der Waals surface area (Å²) in [6.07, 6.45) is 4.14. The van der Waals surface area contributed by atoms with E-state index in [0.717, 1.165) is 35.7 Å². The van der Waals surface area contributed by atoms with E-state index in [1.165, 1.54) is 23.1 Å². The first-order chi connectivity index (χ1) is 8.54. The van der Waals surface area contributed by atoms with E-state index >= 15 is 0 Å². The number of amidine groups is 1. The number of nitrogens with one attached hydrogen (secondary N) is 1. The fourth-order valence-corrected chi connectivity index (χ4v) is 3.68. The van der Waals surface area contributed by atoms with Crippen LogP contribution in [0.5, 0.6) is 0 Å². The normalized spacial score (nSPS) is 23.1. The highest BCUT2D eigenvalue weighted by Crippen LogP contribution is 2.35. The molecule has 2 unspecified atom stereocenters. The molecule has 0 spiro atoms. The Kier molecular flexibility index (Phi) is 4.18. The summed E-state index contributed by atoms with van der Waals surface area (Å²) >= 11 is 2.63. The van der Waals surface area contributed by atoms with Gasteiger partial charge in [0.1, 0.15) is 5.01 Å². The van der Waals surface area contributed by atoms with Crippen LogP contribution in [0.3, 0.4) is 0 Å². The van der Waals surface area contributed by atoms with Crippen LogP contribution in [-0.2, 0) is 6.42 Å². The number of aromatic nitrogens is 2. The summed E-state index contributed by atoms with van der Waals surface area (Å²) in [7, 11) is 0. The lowest BCUT2D eigenvalue weighted by atomic mass is 10.0. The number of thioether (sulfide) groups is 1. The van der Waals surface area contributed by atoms with Gasteiger partial charge in [0.2, 0.25) is 10.2 Å². The van der Waals surface area contributed by atoms with E-state index in [1.807, 2.05) is 0 Å². The third-order valence-electron chi connectivity index (χ3n) is 3.12. The van der Waals surface area contributed by atoms with E-state index in [1.54, 1.807) is 0 Å². The van der Waals surface area contributed by atoms with Crippen molar-refractivity contribution in [3.8, 4) is 0 Å². The first-order valence-corrected chi connectivity index (χ1v) is 7.40. The van der Waals surface area contributed by atoms with Gasteiger partial charge in [0.05, 0.1) is 5.92 Å². The van der Waals surface area contributed by atoms with E-state index in [-0.39, 0.29) is 5.17 Å². The first-order valence-electron chi connectivity index (χ1n) is 5.76. The van der Waals surface area contributed by atoms with E-state index in [4.69, 9.17) is 22.3 Å². The molecule has 6 nitrogen and oxygen atoms in total. The van der Waals surface area contributed by atoms with E-state index in [2.05, 4.69) is 10.2 Å². The molecule has 0 aliphatic heterocycles. The Morgan fingerprint density at radius 2 is 2.28 bits per heavy atom. The topological polar surface area (TPSA) is 127 Å². The quantitative estimate of drug-likeness (QED) is 0.454. The van der Waals surface area contributed by atoms with Crippen molar-refractivity contribution in [3.63, 3.8) is 0 Å². The molecule has 1 aromatic rings. The number of hydrogen-bond donors (Lipinski definition) is 4. The predicted molar refractivity (Wildman–Crippen MR) is 75.3 cm³/mol. The lowest BCUT2D eigenvalue weighted by Crippen LogP contribution is -2.42. The van der Waals surface area contributed by atoms with Crippen LogP contribution in [0.2, 0.25) is 0 Å². The van der Waals surface area contributed by atoms with Crippen LogP contribution >= 0.6 is 23.1 Å². The minimum atomic E-state index is 0.0628. The molecule has 1 aliphatic rings. The summed E-state index contributed by atoms with van der Waals surface area (Å²) in [6, 6.07) is 0. The lowest BCUT2D eigenvalue weighted by molar-refractivity contribution is -0.114. The van der Waals surface area contributed by atoms with Crippen LogP contribution in [0.1, 0.15) is 24.3 Å². The number of nitrogens with zero attached hydrogens (tertiary/aromatic N) is 2. The van der Waals surface area contributed by atoms with Crippen LogP contribution in [0.25, 0.3) is 0 Å². The summed E-state index contributed by atoms with van der Waals surface area (Å²) in [6.45, 7) is 0. The van der Waals surface area contributed by atoms with Gasteiger partial charge >= 0.3 is 0 Å². The maximum Gasteiger partial charge on any atom is 0.218 e. The van der Waals surface area contributed by atoms with Gasteiger partial charge in [0.15, 0.2) is 5.17 Å². The summed E-state index contributed by atoms with van der Waals surface area (Å²) in [4.78, 5) is 0. The standard InChI is InChI=1S/C10H16N6S2/c11-8(18-9(12)13)6-2-1-5(3-6)4-7-15-16-10(14)17-7/h5-6,11H,1-4H2,(H3,12,13)(H2,14,16)/p+1. The fourth-order valence-electron chi connectivity index (χ4n) is 2.33. The number of nitrogen functional groups attached to an aromatic ring is 1. The van der Waals surface area contributed by atoms with Crippen LogP contribution in [0.15, 0.2) is 0 Å². The molecule has 2 atom stereocenters. The van der Waals surface area contributed by atoms with Crippen molar-refractivity contribution in [2.45, 2.75) is 25.7 Å². The molecule has 8 heteroatoms. The van der Waals surface area contributed by atoms with Crippen molar-refractivity contribution in [1.29, 1.82) is 5.41 Å². The minimum absolute atomic E-state index is 0.0628. The SMILES string of the molecule is N=C(N)SC(=[NH2+])C1CCC(Cc2nnc(N)s2)C1. The Labute approximate surface area is 114 Å². The first kappa shape index (κ1) is 13.3. The molecule has 1 saturated carbocycles. The number of hydrogen-bond acceptors (Lipinski definition) is 6. The minimum Gasteiger partial charge on any atom is -0.378 e. The summed E-state index contributed by atoms with van der Waals surface area (Å²) in [5.41, 5.74) is 10.9. The highest BCUT2D eigenvalue weighted by Gasteiger charge is 2.32. The van der Waals surface area contributed by atoms with Gasteiger partial charge in [-0.1, -0.05) is 11.3 Å². The van der Waals surface area contributed by atoms with Crippen LogP contribution in [0, 0.1) is 17.2 Å². The highest BCUT2D eigenvalue weighted by atomic mass is 32.2. The van der Waals surface area contributed by atoms with E-state index in [9.17, 15) is 0 Å². The van der Waals surface area contributed by atoms with Gasteiger partial charge in [-0.3, -0.25) is 10.8 Å². The molecular formula is C10H17N6S2+. The third-order valence-corrected chi connectivity index (χ3v) is 4.68. The van der Waals surface area contributed by atoms with Crippen molar-refractivity contribution in [3.05, 3.63) is 5.01 Å². The third kappa shape index (κ3) is 3.42. The van der Waals surface area contributed by atoms with E-state index in [0.29, 0.717) is 17.0 Å². The molecule has 1 fully saturated rings. The van der Waals surface area contributed by atoms with Gasteiger partial charge in [-0.05, 0) is 25.2 Å². The van der Waals surface area contributed by atoms with Crippen LogP contribution in [0.4, 0.5) is 5.13 Å².